The second-order valence-corrected chi connectivity index (χ2v) is 5.11. The zero-order valence-corrected chi connectivity index (χ0v) is 11.8. The number of benzene rings is 2. The molecule has 0 aliphatic rings. The van der Waals surface area contributed by atoms with Crippen LogP contribution in [0.4, 0.5) is 10.3 Å². The normalized spacial score (nSPS) is 11.3. The van der Waals surface area contributed by atoms with Crippen molar-refractivity contribution in [3.05, 3.63) is 59.9 Å². The maximum atomic E-state index is 12.8. The number of fused-ring (bicyclic) bond motifs is 3. The molecule has 2 aromatic heterocycles. The first-order valence-electron chi connectivity index (χ1n) is 7.11. The Morgan fingerprint density at radius 1 is 1.05 bits per heavy atom. The average Bonchev–Trinajstić information content (AvgIpc) is 3.06. The lowest BCUT2D eigenvalue weighted by molar-refractivity contribution is 0.627. The van der Waals surface area contributed by atoms with E-state index in [1.165, 1.54) is 12.1 Å². The first-order valence-corrected chi connectivity index (χ1v) is 7.11. The maximum Gasteiger partial charge on any atom is 0.253 e. The van der Waals surface area contributed by atoms with Gasteiger partial charge in [0.1, 0.15) is 5.82 Å². The fourth-order valence-corrected chi connectivity index (χ4v) is 2.48. The van der Waals surface area contributed by atoms with Crippen LogP contribution in [0.15, 0.2) is 48.5 Å². The Bertz CT molecular complexity index is 923. The molecular formula is C16H14FN5. The summed E-state index contributed by atoms with van der Waals surface area (Å²) in [6.45, 7) is 0.709. The molecule has 0 bridgehead atoms. The van der Waals surface area contributed by atoms with Crippen LogP contribution in [0.2, 0.25) is 0 Å². The first kappa shape index (κ1) is 12.8. The fourth-order valence-electron chi connectivity index (χ4n) is 2.48. The van der Waals surface area contributed by atoms with Gasteiger partial charge in [0.05, 0.1) is 11.0 Å². The number of aromatic amines is 1. The van der Waals surface area contributed by atoms with Crippen molar-refractivity contribution in [1.29, 1.82) is 0 Å². The van der Waals surface area contributed by atoms with E-state index in [-0.39, 0.29) is 5.82 Å². The van der Waals surface area contributed by atoms with Crippen molar-refractivity contribution in [2.75, 3.05) is 11.9 Å². The summed E-state index contributed by atoms with van der Waals surface area (Å²) in [6, 6.07) is 14.4. The highest BCUT2D eigenvalue weighted by molar-refractivity contribution is 5.79. The molecule has 0 aliphatic carbocycles. The lowest BCUT2D eigenvalue weighted by Crippen LogP contribution is -2.06. The SMILES string of the molecule is Fc1ccc(CCNc2nc3nc4ccccc4n3[nH]2)cc1. The zero-order chi connectivity index (χ0) is 14.9. The Morgan fingerprint density at radius 2 is 1.86 bits per heavy atom. The van der Waals surface area contributed by atoms with Crippen LogP contribution < -0.4 is 5.32 Å². The van der Waals surface area contributed by atoms with E-state index in [0.717, 1.165) is 23.0 Å². The quantitative estimate of drug-likeness (QED) is 0.608. The van der Waals surface area contributed by atoms with Crippen LogP contribution in [0, 0.1) is 5.82 Å². The number of hydrogen-bond acceptors (Lipinski definition) is 3. The van der Waals surface area contributed by atoms with Crippen molar-refractivity contribution in [1.82, 2.24) is 19.6 Å². The van der Waals surface area contributed by atoms with E-state index in [1.54, 1.807) is 12.1 Å². The van der Waals surface area contributed by atoms with Gasteiger partial charge in [-0.2, -0.15) is 4.98 Å². The van der Waals surface area contributed by atoms with Gasteiger partial charge in [-0.3, -0.25) is 5.10 Å². The first-order chi connectivity index (χ1) is 10.8. The van der Waals surface area contributed by atoms with Crippen molar-refractivity contribution >= 4 is 22.8 Å². The number of rotatable bonds is 4. The smallest absolute Gasteiger partial charge is 0.253 e. The molecular weight excluding hydrogens is 281 g/mol. The summed E-state index contributed by atoms with van der Waals surface area (Å²) in [6.07, 6.45) is 0.796. The molecule has 2 heterocycles. The molecule has 4 rings (SSSR count). The highest BCUT2D eigenvalue weighted by Gasteiger charge is 2.08. The number of imidazole rings is 1. The summed E-state index contributed by atoms with van der Waals surface area (Å²) >= 11 is 0. The molecule has 0 saturated carbocycles. The van der Waals surface area contributed by atoms with Crippen LogP contribution in [0.1, 0.15) is 5.56 Å². The number of aromatic nitrogens is 4. The third-order valence-corrected chi connectivity index (χ3v) is 3.59. The molecule has 0 spiro atoms. The van der Waals surface area contributed by atoms with Crippen LogP contribution in [0.25, 0.3) is 16.8 Å². The Morgan fingerprint density at radius 3 is 2.73 bits per heavy atom. The third kappa shape index (κ3) is 2.28. The summed E-state index contributed by atoms with van der Waals surface area (Å²) in [5, 5.41) is 6.41. The van der Waals surface area contributed by atoms with Crippen molar-refractivity contribution in [2.45, 2.75) is 6.42 Å². The topological polar surface area (TPSA) is 58.0 Å². The number of H-pyrrole nitrogens is 1. The minimum Gasteiger partial charge on any atom is -0.354 e. The Kier molecular flexibility index (Phi) is 3.00. The second-order valence-electron chi connectivity index (χ2n) is 5.11. The van der Waals surface area contributed by atoms with Crippen molar-refractivity contribution in [3.63, 3.8) is 0 Å². The third-order valence-electron chi connectivity index (χ3n) is 3.59. The summed E-state index contributed by atoms with van der Waals surface area (Å²) in [4.78, 5) is 8.87. The standard InChI is InChI=1S/C16H14FN5/c17-12-7-5-11(6-8-12)9-10-18-15-20-16-19-13-3-1-2-4-14(13)22(16)21-15/h1-8H,9-10H2,(H2,18,19,20,21). The van der Waals surface area contributed by atoms with Gasteiger partial charge in [0.15, 0.2) is 0 Å². The Balaban J connectivity index is 1.48. The van der Waals surface area contributed by atoms with Gasteiger partial charge in [-0.25, -0.2) is 13.9 Å². The molecule has 0 fully saturated rings. The van der Waals surface area contributed by atoms with Crippen molar-refractivity contribution < 1.29 is 4.39 Å². The molecule has 4 aromatic rings. The molecule has 0 amide bonds. The highest BCUT2D eigenvalue weighted by atomic mass is 19.1. The number of hydrogen-bond donors (Lipinski definition) is 2. The number of nitrogens with one attached hydrogen (secondary N) is 2. The van der Waals surface area contributed by atoms with Crippen LogP contribution in [-0.2, 0) is 6.42 Å². The molecule has 0 atom stereocenters. The van der Waals surface area contributed by atoms with Gasteiger partial charge < -0.3 is 5.32 Å². The molecule has 6 heteroatoms. The van der Waals surface area contributed by atoms with Gasteiger partial charge in [-0.15, -0.1) is 0 Å². The maximum absolute atomic E-state index is 12.8. The summed E-state index contributed by atoms with van der Waals surface area (Å²) in [5.41, 5.74) is 2.99. The molecule has 2 aromatic carbocycles. The summed E-state index contributed by atoms with van der Waals surface area (Å²) in [5.74, 6) is 1.11. The molecule has 0 saturated heterocycles. The molecule has 0 aliphatic heterocycles. The van der Waals surface area contributed by atoms with Gasteiger partial charge in [0.2, 0.25) is 5.95 Å². The predicted molar refractivity (Wildman–Crippen MR) is 83.4 cm³/mol. The fraction of sp³-hybridized carbons (Fsp3) is 0.125. The second kappa shape index (κ2) is 5.14. The monoisotopic (exact) mass is 295 g/mol. The average molecular weight is 295 g/mol. The van der Waals surface area contributed by atoms with Crippen LogP contribution in [-0.4, -0.2) is 26.1 Å². The van der Waals surface area contributed by atoms with Crippen molar-refractivity contribution in [3.8, 4) is 0 Å². The predicted octanol–water partition coefficient (Wildman–Crippen LogP) is 3.00. The molecule has 0 unspecified atom stereocenters. The van der Waals surface area contributed by atoms with E-state index in [1.807, 2.05) is 28.8 Å². The van der Waals surface area contributed by atoms with Crippen LogP contribution in [0.5, 0.6) is 0 Å². The Labute approximate surface area is 125 Å². The van der Waals surface area contributed by atoms with E-state index >= 15 is 0 Å². The number of para-hydroxylation sites is 2. The summed E-state index contributed by atoms with van der Waals surface area (Å²) < 4.78 is 14.7. The highest BCUT2D eigenvalue weighted by Crippen LogP contribution is 2.15. The van der Waals surface area contributed by atoms with E-state index < -0.39 is 0 Å². The lowest BCUT2D eigenvalue weighted by Gasteiger charge is -2.02. The van der Waals surface area contributed by atoms with E-state index in [2.05, 4.69) is 20.4 Å². The minimum absolute atomic E-state index is 0.212. The zero-order valence-electron chi connectivity index (χ0n) is 11.8. The molecule has 5 nitrogen and oxygen atoms in total. The number of anilines is 1. The molecule has 22 heavy (non-hydrogen) atoms. The van der Waals surface area contributed by atoms with Gasteiger partial charge in [0, 0.05) is 6.54 Å². The number of halogens is 1. The van der Waals surface area contributed by atoms with Crippen LogP contribution >= 0.6 is 0 Å². The Hall–Kier alpha value is -2.89. The van der Waals surface area contributed by atoms with E-state index in [4.69, 9.17) is 0 Å². The molecule has 2 N–H and O–H groups in total. The lowest BCUT2D eigenvalue weighted by atomic mass is 10.1. The molecule has 0 radical (unpaired) electrons. The van der Waals surface area contributed by atoms with Gasteiger partial charge in [-0.1, -0.05) is 24.3 Å². The largest absolute Gasteiger partial charge is 0.354 e. The van der Waals surface area contributed by atoms with E-state index in [0.29, 0.717) is 18.3 Å². The van der Waals surface area contributed by atoms with Crippen molar-refractivity contribution in [2.24, 2.45) is 0 Å². The van der Waals surface area contributed by atoms with Crippen LogP contribution in [0.3, 0.4) is 0 Å². The van der Waals surface area contributed by atoms with Gasteiger partial charge in [0.25, 0.3) is 5.78 Å². The molecule has 110 valence electrons. The minimum atomic E-state index is -0.212. The summed E-state index contributed by atoms with van der Waals surface area (Å²) in [7, 11) is 0. The van der Waals surface area contributed by atoms with Gasteiger partial charge >= 0.3 is 0 Å². The number of nitrogens with zero attached hydrogens (tertiary/aromatic N) is 3. The van der Waals surface area contributed by atoms with Gasteiger partial charge in [-0.05, 0) is 36.2 Å². The van der Waals surface area contributed by atoms with E-state index in [9.17, 15) is 4.39 Å².